The lowest BCUT2D eigenvalue weighted by Gasteiger charge is -2.29. The fourth-order valence-electron chi connectivity index (χ4n) is 1.57. The van der Waals surface area contributed by atoms with Gasteiger partial charge in [-0.25, -0.2) is 0 Å². The Morgan fingerprint density at radius 3 is 2.53 bits per heavy atom. The molecule has 4 nitrogen and oxygen atoms in total. The highest BCUT2D eigenvalue weighted by Gasteiger charge is 2.20. The second-order valence-corrected chi connectivity index (χ2v) is 4.38. The summed E-state index contributed by atoms with van der Waals surface area (Å²) >= 11 is 0. The largest absolute Gasteiger partial charge is 0.386 e. The minimum atomic E-state index is 0.0481. The minimum Gasteiger partial charge on any atom is -0.386 e. The average molecular weight is 212 g/mol. The lowest BCUT2D eigenvalue weighted by molar-refractivity contribution is -0.137. The Morgan fingerprint density at radius 2 is 2.00 bits per heavy atom. The molecule has 1 aliphatic rings. The monoisotopic (exact) mass is 212 g/mol. The first-order valence-electron chi connectivity index (χ1n) is 5.50. The van der Waals surface area contributed by atoms with E-state index in [0.717, 1.165) is 37.6 Å². The van der Waals surface area contributed by atoms with Crippen LogP contribution in [0.4, 0.5) is 0 Å². The van der Waals surface area contributed by atoms with Crippen LogP contribution in [0.2, 0.25) is 0 Å². The summed E-state index contributed by atoms with van der Waals surface area (Å²) in [5.41, 5.74) is 0.829. The van der Waals surface area contributed by atoms with Gasteiger partial charge in [-0.05, 0) is 32.6 Å². The van der Waals surface area contributed by atoms with Crippen molar-refractivity contribution in [3.63, 3.8) is 0 Å². The van der Waals surface area contributed by atoms with Crippen molar-refractivity contribution in [3.05, 3.63) is 0 Å². The zero-order valence-corrected chi connectivity index (χ0v) is 9.82. The summed E-state index contributed by atoms with van der Waals surface area (Å²) in [4.78, 5) is 18.4. The Morgan fingerprint density at radius 1 is 1.40 bits per heavy atom. The molecule has 1 fully saturated rings. The molecule has 15 heavy (non-hydrogen) atoms. The van der Waals surface area contributed by atoms with Gasteiger partial charge in [0.25, 0.3) is 5.91 Å². The van der Waals surface area contributed by atoms with Gasteiger partial charge in [0.05, 0.1) is 5.71 Å². The number of oxime groups is 1. The number of rotatable bonds is 3. The predicted molar refractivity (Wildman–Crippen MR) is 59.7 cm³/mol. The molecule has 1 amide bonds. The summed E-state index contributed by atoms with van der Waals surface area (Å²) in [7, 11) is 0. The van der Waals surface area contributed by atoms with Crippen LogP contribution in [0.1, 0.15) is 33.6 Å². The van der Waals surface area contributed by atoms with Gasteiger partial charge < -0.3 is 9.74 Å². The quantitative estimate of drug-likeness (QED) is 0.527. The van der Waals surface area contributed by atoms with Gasteiger partial charge in [-0.15, -0.1) is 0 Å². The van der Waals surface area contributed by atoms with E-state index in [9.17, 15) is 4.79 Å². The van der Waals surface area contributed by atoms with Crippen molar-refractivity contribution in [2.75, 3.05) is 19.7 Å². The number of nitrogens with zero attached hydrogens (tertiary/aromatic N) is 2. The molecule has 1 heterocycles. The molecule has 0 aromatic carbocycles. The molecule has 86 valence electrons. The molecule has 0 spiro atoms. The van der Waals surface area contributed by atoms with Crippen LogP contribution >= 0.6 is 0 Å². The smallest absolute Gasteiger partial charge is 0.263 e. The number of piperidine rings is 1. The van der Waals surface area contributed by atoms with Gasteiger partial charge in [-0.1, -0.05) is 12.1 Å². The third-order valence-electron chi connectivity index (χ3n) is 2.57. The van der Waals surface area contributed by atoms with E-state index in [-0.39, 0.29) is 12.5 Å². The summed E-state index contributed by atoms with van der Waals surface area (Å²) in [5, 5.41) is 3.74. The average Bonchev–Trinajstić information content (AvgIpc) is 2.18. The van der Waals surface area contributed by atoms with Gasteiger partial charge in [-0.3, -0.25) is 4.79 Å². The van der Waals surface area contributed by atoms with Crippen molar-refractivity contribution in [1.82, 2.24) is 4.90 Å². The third-order valence-corrected chi connectivity index (χ3v) is 2.57. The van der Waals surface area contributed by atoms with Crippen molar-refractivity contribution < 1.29 is 9.63 Å². The van der Waals surface area contributed by atoms with Gasteiger partial charge in [0, 0.05) is 13.1 Å². The highest BCUT2D eigenvalue weighted by Crippen LogP contribution is 2.15. The summed E-state index contributed by atoms with van der Waals surface area (Å²) in [5.74, 6) is 0.790. The first-order chi connectivity index (χ1) is 7.09. The maximum atomic E-state index is 11.6. The Kier molecular flexibility index (Phi) is 4.59. The lowest BCUT2D eigenvalue weighted by atomic mass is 9.99. The number of hydrogen-bond acceptors (Lipinski definition) is 3. The van der Waals surface area contributed by atoms with E-state index in [2.05, 4.69) is 12.1 Å². The van der Waals surface area contributed by atoms with Crippen molar-refractivity contribution >= 4 is 11.6 Å². The molecule has 0 aromatic rings. The summed E-state index contributed by atoms with van der Waals surface area (Å²) in [6, 6.07) is 0. The van der Waals surface area contributed by atoms with Crippen LogP contribution in [0.3, 0.4) is 0 Å². The molecule has 1 saturated heterocycles. The molecule has 1 rings (SSSR count). The molecule has 0 atom stereocenters. The van der Waals surface area contributed by atoms with E-state index in [1.807, 2.05) is 18.7 Å². The van der Waals surface area contributed by atoms with Crippen LogP contribution in [-0.2, 0) is 9.63 Å². The fraction of sp³-hybridized carbons (Fsp3) is 0.818. The lowest BCUT2D eigenvalue weighted by Crippen LogP contribution is -2.39. The van der Waals surface area contributed by atoms with Gasteiger partial charge >= 0.3 is 0 Å². The van der Waals surface area contributed by atoms with Gasteiger partial charge in [0.2, 0.25) is 0 Å². The van der Waals surface area contributed by atoms with Gasteiger partial charge in [0.15, 0.2) is 6.61 Å². The van der Waals surface area contributed by atoms with E-state index < -0.39 is 0 Å². The molecule has 1 aliphatic heterocycles. The van der Waals surface area contributed by atoms with E-state index >= 15 is 0 Å². The standard InChI is InChI=1S/C11H20N2O2/c1-9(2)12-15-8-11(14)13-6-4-10(3)5-7-13/h10H,4-8H2,1-3H3. The SMILES string of the molecule is CC(C)=NOCC(=O)N1CCC(C)CC1. The molecule has 0 N–H and O–H groups in total. The zero-order valence-electron chi connectivity index (χ0n) is 9.82. The molecular formula is C11H20N2O2. The number of carbonyl (C=O) groups is 1. The van der Waals surface area contributed by atoms with Crippen molar-refractivity contribution in [3.8, 4) is 0 Å². The van der Waals surface area contributed by atoms with E-state index in [4.69, 9.17) is 4.84 Å². The maximum absolute atomic E-state index is 11.6. The Labute approximate surface area is 91.3 Å². The molecule has 0 saturated carbocycles. The molecular weight excluding hydrogens is 192 g/mol. The Hall–Kier alpha value is -1.06. The van der Waals surface area contributed by atoms with Crippen LogP contribution in [0.25, 0.3) is 0 Å². The van der Waals surface area contributed by atoms with Crippen LogP contribution in [0, 0.1) is 5.92 Å². The summed E-state index contributed by atoms with van der Waals surface area (Å²) in [6.45, 7) is 7.69. The normalized spacial score (nSPS) is 17.4. The van der Waals surface area contributed by atoms with Gasteiger partial charge in [-0.2, -0.15) is 0 Å². The third kappa shape index (κ3) is 4.32. The predicted octanol–water partition coefficient (Wildman–Crippen LogP) is 1.66. The molecule has 0 aromatic heterocycles. The van der Waals surface area contributed by atoms with Crippen LogP contribution in [-0.4, -0.2) is 36.2 Å². The van der Waals surface area contributed by atoms with Crippen LogP contribution < -0.4 is 0 Å². The molecule has 0 aliphatic carbocycles. The summed E-state index contributed by atoms with van der Waals surface area (Å²) in [6.07, 6.45) is 2.20. The highest BCUT2D eigenvalue weighted by molar-refractivity contribution is 5.79. The number of likely N-dealkylation sites (tertiary alicyclic amines) is 1. The van der Waals surface area contributed by atoms with E-state index in [0.29, 0.717) is 0 Å². The maximum Gasteiger partial charge on any atom is 0.263 e. The highest BCUT2D eigenvalue weighted by atomic mass is 16.6. The first kappa shape index (κ1) is 12.0. The minimum absolute atomic E-state index is 0.0481. The molecule has 0 bridgehead atoms. The Balaban J connectivity index is 2.25. The van der Waals surface area contributed by atoms with Gasteiger partial charge in [0.1, 0.15) is 0 Å². The van der Waals surface area contributed by atoms with Crippen LogP contribution in [0.5, 0.6) is 0 Å². The number of hydrogen-bond donors (Lipinski definition) is 0. The van der Waals surface area contributed by atoms with Crippen molar-refractivity contribution in [2.24, 2.45) is 11.1 Å². The van der Waals surface area contributed by atoms with Crippen molar-refractivity contribution in [1.29, 1.82) is 0 Å². The second-order valence-electron chi connectivity index (χ2n) is 4.38. The molecule has 4 heteroatoms. The van der Waals surface area contributed by atoms with Crippen LogP contribution in [0.15, 0.2) is 5.16 Å². The molecule has 0 radical (unpaired) electrons. The summed E-state index contributed by atoms with van der Waals surface area (Å²) < 4.78 is 0. The fourth-order valence-corrected chi connectivity index (χ4v) is 1.57. The number of carbonyl (C=O) groups excluding carboxylic acids is 1. The Bertz CT molecular complexity index is 239. The van der Waals surface area contributed by atoms with E-state index in [1.54, 1.807) is 0 Å². The topological polar surface area (TPSA) is 41.9 Å². The molecule has 0 unspecified atom stereocenters. The van der Waals surface area contributed by atoms with E-state index in [1.165, 1.54) is 0 Å². The first-order valence-corrected chi connectivity index (χ1v) is 5.50. The zero-order chi connectivity index (χ0) is 11.3. The number of amides is 1. The second kappa shape index (κ2) is 5.73. The van der Waals surface area contributed by atoms with Crippen molar-refractivity contribution in [2.45, 2.75) is 33.6 Å².